The summed E-state index contributed by atoms with van der Waals surface area (Å²) in [4.78, 5) is 6.75. The third-order valence-electron chi connectivity index (χ3n) is 4.48. The molecule has 1 aliphatic rings. The van der Waals surface area contributed by atoms with Crippen LogP contribution in [0.4, 0.5) is 11.8 Å². The first kappa shape index (κ1) is 15.6. The lowest BCUT2D eigenvalue weighted by molar-refractivity contribution is 0.619. The van der Waals surface area contributed by atoms with Crippen LogP contribution in [0.15, 0.2) is 48.5 Å². The zero-order valence-electron chi connectivity index (χ0n) is 14.2. The standard InChI is InChI=1S/C18H21N7/c1-14-6-5-9-17(20-14)19-12-15-10-11-24(13-15)18-21-22-23-25(18)16-7-3-2-4-8-16/h2-9,15H,10-13H2,1H3,(H,19,20)/t15-/m1/s1. The van der Waals surface area contributed by atoms with Crippen molar-refractivity contribution >= 4 is 11.8 Å². The van der Waals surface area contributed by atoms with Crippen LogP contribution in [0.3, 0.4) is 0 Å². The Labute approximate surface area is 146 Å². The van der Waals surface area contributed by atoms with Crippen LogP contribution < -0.4 is 10.2 Å². The second-order valence-corrected chi connectivity index (χ2v) is 6.37. The molecule has 0 radical (unpaired) electrons. The third kappa shape index (κ3) is 3.45. The maximum absolute atomic E-state index is 4.50. The number of para-hydroxylation sites is 1. The molecule has 1 fully saturated rings. The molecule has 0 amide bonds. The van der Waals surface area contributed by atoms with Crippen molar-refractivity contribution < 1.29 is 0 Å². The number of nitrogens with zero attached hydrogens (tertiary/aromatic N) is 6. The van der Waals surface area contributed by atoms with E-state index in [2.05, 4.69) is 30.7 Å². The maximum atomic E-state index is 4.50. The van der Waals surface area contributed by atoms with E-state index in [-0.39, 0.29) is 0 Å². The molecule has 0 unspecified atom stereocenters. The Morgan fingerprint density at radius 2 is 2.00 bits per heavy atom. The summed E-state index contributed by atoms with van der Waals surface area (Å²) < 4.78 is 1.80. The summed E-state index contributed by atoms with van der Waals surface area (Å²) in [7, 11) is 0. The van der Waals surface area contributed by atoms with E-state index in [0.717, 1.165) is 49.2 Å². The van der Waals surface area contributed by atoms with Gasteiger partial charge < -0.3 is 10.2 Å². The van der Waals surface area contributed by atoms with E-state index in [9.17, 15) is 0 Å². The number of tetrazole rings is 1. The van der Waals surface area contributed by atoms with Crippen molar-refractivity contribution in [2.24, 2.45) is 5.92 Å². The molecule has 1 N–H and O–H groups in total. The minimum absolute atomic E-state index is 0.545. The Hall–Kier alpha value is -2.96. The molecule has 25 heavy (non-hydrogen) atoms. The predicted molar refractivity (Wildman–Crippen MR) is 96.9 cm³/mol. The first-order valence-corrected chi connectivity index (χ1v) is 8.56. The van der Waals surface area contributed by atoms with Crippen LogP contribution in [-0.4, -0.2) is 44.8 Å². The van der Waals surface area contributed by atoms with Crippen LogP contribution in [0.25, 0.3) is 5.69 Å². The van der Waals surface area contributed by atoms with Gasteiger partial charge in [0.05, 0.1) is 5.69 Å². The normalized spacial score (nSPS) is 17.0. The van der Waals surface area contributed by atoms with Crippen molar-refractivity contribution in [3.8, 4) is 5.69 Å². The minimum atomic E-state index is 0.545. The summed E-state index contributed by atoms with van der Waals surface area (Å²) in [5.74, 6) is 2.29. The highest BCUT2D eigenvalue weighted by Gasteiger charge is 2.26. The molecule has 1 saturated heterocycles. The number of aromatic nitrogens is 5. The largest absolute Gasteiger partial charge is 0.370 e. The molecule has 0 saturated carbocycles. The molecule has 7 nitrogen and oxygen atoms in total. The predicted octanol–water partition coefficient (Wildman–Crippen LogP) is 2.30. The van der Waals surface area contributed by atoms with Gasteiger partial charge in [-0.15, -0.1) is 0 Å². The third-order valence-corrected chi connectivity index (χ3v) is 4.48. The van der Waals surface area contributed by atoms with E-state index < -0.39 is 0 Å². The fraction of sp³-hybridized carbons (Fsp3) is 0.333. The molecular formula is C18H21N7. The summed E-state index contributed by atoms with van der Waals surface area (Å²) >= 11 is 0. The topological polar surface area (TPSA) is 71.8 Å². The minimum Gasteiger partial charge on any atom is -0.370 e. The van der Waals surface area contributed by atoms with Crippen molar-refractivity contribution in [2.45, 2.75) is 13.3 Å². The number of rotatable bonds is 5. The summed E-state index contributed by atoms with van der Waals surface area (Å²) in [5.41, 5.74) is 2.01. The van der Waals surface area contributed by atoms with E-state index in [1.807, 2.05) is 55.5 Å². The van der Waals surface area contributed by atoms with Crippen molar-refractivity contribution in [1.82, 2.24) is 25.2 Å². The summed E-state index contributed by atoms with van der Waals surface area (Å²) in [6, 6.07) is 16.0. The SMILES string of the molecule is Cc1cccc(NC[C@H]2CCN(c3nnnn3-c3ccccc3)C2)n1. The molecule has 1 atom stereocenters. The molecule has 7 heteroatoms. The number of anilines is 2. The maximum Gasteiger partial charge on any atom is 0.250 e. The zero-order chi connectivity index (χ0) is 17.1. The molecule has 0 spiro atoms. The van der Waals surface area contributed by atoms with Gasteiger partial charge in [0.15, 0.2) is 0 Å². The van der Waals surface area contributed by atoms with Crippen LogP contribution in [0.5, 0.6) is 0 Å². The highest BCUT2D eigenvalue weighted by Crippen LogP contribution is 2.23. The lowest BCUT2D eigenvalue weighted by atomic mass is 10.1. The first-order valence-electron chi connectivity index (χ1n) is 8.56. The second-order valence-electron chi connectivity index (χ2n) is 6.37. The second kappa shape index (κ2) is 6.88. The monoisotopic (exact) mass is 335 g/mol. The van der Waals surface area contributed by atoms with E-state index >= 15 is 0 Å². The van der Waals surface area contributed by atoms with Gasteiger partial charge in [-0.05, 0) is 54.0 Å². The number of aryl methyl sites for hydroxylation is 1. The van der Waals surface area contributed by atoms with Crippen LogP contribution >= 0.6 is 0 Å². The molecule has 0 aliphatic carbocycles. The van der Waals surface area contributed by atoms with Crippen molar-refractivity contribution in [3.63, 3.8) is 0 Å². The van der Waals surface area contributed by atoms with Gasteiger partial charge in [0, 0.05) is 25.3 Å². The Morgan fingerprint density at radius 3 is 2.84 bits per heavy atom. The fourth-order valence-corrected chi connectivity index (χ4v) is 3.19. The van der Waals surface area contributed by atoms with Gasteiger partial charge in [-0.1, -0.05) is 29.4 Å². The molecule has 128 valence electrons. The molecule has 2 aromatic heterocycles. The number of hydrogen-bond donors (Lipinski definition) is 1. The van der Waals surface area contributed by atoms with Crippen LogP contribution in [0, 0.1) is 12.8 Å². The van der Waals surface area contributed by atoms with Crippen LogP contribution in [0.2, 0.25) is 0 Å². The van der Waals surface area contributed by atoms with Gasteiger partial charge in [0.2, 0.25) is 5.95 Å². The van der Waals surface area contributed by atoms with Gasteiger partial charge >= 0.3 is 0 Å². The van der Waals surface area contributed by atoms with Gasteiger partial charge in [-0.25, -0.2) is 4.98 Å². The molecule has 3 heterocycles. The average Bonchev–Trinajstić information content (AvgIpc) is 3.30. The Bertz CT molecular complexity index is 830. The Balaban J connectivity index is 1.41. The lowest BCUT2D eigenvalue weighted by Crippen LogP contribution is -2.25. The van der Waals surface area contributed by atoms with E-state index in [1.165, 1.54) is 0 Å². The van der Waals surface area contributed by atoms with Crippen molar-refractivity contribution in [2.75, 3.05) is 29.9 Å². The van der Waals surface area contributed by atoms with Gasteiger partial charge in [0.1, 0.15) is 5.82 Å². The highest BCUT2D eigenvalue weighted by atomic mass is 15.6. The highest BCUT2D eigenvalue weighted by molar-refractivity contribution is 5.41. The quantitative estimate of drug-likeness (QED) is 0.771. The number of hydrogen-bond acceptors (Lipinski definition) is 6. The molecule has 3 aromatic rings. The van der Waals surface area contributed by atoms with E-state index in [1.54, 1.807) is 4.68 Å². The Morgan fingerprint density at radius 1 is 1.12 bits per heavy atom. The summed E-state index contributed by atoms with van der Waals surface area (Å²) in [6.07, 6.45) is 1.11. The number of nitrogens with one attached hydrogen (secondary N) is 1. The van der Waals surface area contributed by atoms with Crippen molar-refractivity contribution in [3.05, 3.63) is 54.2 Å². The summed E-state index contributed by atoms with van der Waals surface area (Å²) in [5, 5.41) is 15.7. The molecular weight excluding hydrogens is 314 g/mol. The average molecular weight is 335 g/mol. The molecule has 0 bridgehead atoms. The van der Waals surface area contributed by atoms with E-state index in [0.29, 0.717) is 5.92 Å². The summed E-state index contributed by atoms with van der Waals surface area (Å²) in [6.45, 7) is 4.80. The smallest absolute Gasteiger partial charge is 0.250 e. The first-order chi connectivity index (χ1) is 12.3. The van der Waals surface area contributed by atoms with Gasteiger partial charge in [-0.2, -0.15) is 4.68 Å². The van der Waals surface area contributed by atoms with Crippen LogP contribution in [-0.2, 0) is 0 Å². The molecule has 1 aromatic carbocycles. The lowest BCUT2D eigenvalue weighted by Gasteiger charge is -2.17. The van der Waals surface area contributed by atoms with Crippen LogP contribution in [0.1, 0.15) is 12.1 Å². The molecule has 4 rings (SSSR count). The number of benzene rings is 1. The zero-order valence-corrected chi connectivity index (χ0v) is 14.2. The van der Waals surface area contributed by atoms with Gasteiger partial charge in [-0.3, -0.25) is 0 Å². The Kier molecular flexibility index (Phi) is 4.28. The number of pyridine rings is 1. The molecule has 1 aliphatic heterocycles. The van der Waals surface area contributed by atoms with E-state index in [4.69, 9.17) is 0 Å². The fourth-order valence-electron chi connectivity index (χ4n) is 3.19. The van der Waals surface area contributed by atoms with Crippen molar-refractivity contribution in [1.29, 1.82) is 0 Å². The van der Waals surface area contributed by atoms with Gasteiger partial charge in [0.25, 0.3) is 0 Å².